The number of methoxy groups -OCH3 is 1. The molecule has 6 nitrogen and oxygen atoms in total. The van der Waals surface area contributed by atoms with Crippen LogP contribution in [0, 0.1) is 5.92 Å². The Balaban J connectivity index is 1.91. The van der Waals surface area contributed by atoms with E-state index in [4.69, 9.17) is 9.47 Å². The maximum absolute atomic E-state index is 12.3. The fourth-order valence-corrected chi connectivity index (χ4v) is 3.07. The van der Waals surface area contributed by atoms with Crippen LogP contribution in [-0.2, 0) is 9.53 Å². The van der Waals surface area contributed by atoms with Crippen molar-refractivity contribution in [3.63, 3.8) is 0 Å². The number of ether oxygens (including phenoxy) is 2. The summed E-state index contributed by atoms with van der Waals surface area (Å²) in [6.45, 7) is 1.90. The van der Waals surface area contributed by atoms with Gasteiger partial charge in [-0.1, -0.05) is 19.8 Å². The molecule has 0 N–H and O–H groups in total. The van der Waals surface area contributed by atoms with Gasteiger partial charge in [0.15, 0.2) is 6.61 Å². The number of aromatic nitrogens is 1. The maximum atomic E-state index is 12.3. The fraction of sp³-hybridized carbons (Fsp3) is 0.588. The van der Waals surface area contributed by atoms with Gasteiger partial charge in [-0.25, -0.2) is 9.78 Å². The van der Waals surface area contributed by atoms with E-state index in [0.717, 1.165) is 19.3 Å². The van der Waals surface area contributed by atoms with Crippen LogP contribution in [-0.4, -0.2) is 48.6 Å². The molecule has 0 spiro atoms. The summed E-state index contributed by atoms with van der Waals surface area (Å²) >= 11 is 0. The van der Waals surface area contributed by atoms with Crippen LogP contribution in [0.25, 0.3) is 0 Å². The Kier molecular flexibility index (Phi) is 5.96. The van der Waals surface area contributed by atoms with Gasteiger partial charge in [-0.3, -0.25) is 4.79 Å². The second kappa shape index (κ2) is 7.94. The fourth-order valence-electron chi connectivity index (χ4n) is 3.07. The molecule has 0 saturated heterocycles. The van der Waals surface area contributed by atoms with Crippen molar-refractivity contribution >= 4 is 11.9 Å². The molecule has 1 aliphatic rings. The zero-order chi connectivity index (χ0) is 16.8. The Labute approximate surface area is 136 Å². The summed E-state index contributed by atoms with van der Waals surface area (Å²) in [6, 6.07) is 3.41. The number of carbonyl (C=O) groups is 2. The molecule has 2 atom stereocenters. The van der Waals surface area contributed by atoms with E-state index < -0.39 is 5.97 Å². The molecule has 1 amide bonds. The lowest BCUT2D eigenvalue weighted by Gasteiger charge is -2.36. The third-order valence-electron chi connectivity index (χ3n) is 4.47. The molecule has 1 heterocycles. The highest BCUT2D eigenvalue weighted by atomic mass is 16.5. The van der Waals surface area contributed by atoms with Crippen LogP contribution >= 0.6 is 0 Å². The van der Waals surface area contributed by atoms with Crippen molar-refractivity contribution in [2.24, 2.45) is 5.92 Å². The van der Waals surface area contributed by atoms with Gasteiger partial charge in [-0.15, -0.1) is 0 Å². The summed E-state index contributed by atoms with van der Waals surface area (Å²) in [5.74, 6) is -0.112. The summed E-state index contributed by atoms with van der Waals surface area (Å²) in [5, 5.41) is 0. The van der Waals surface area contributed by atoms with Gasteiger partial charge in [0, 0.05) is 19.3 Å². The van der Waals surface area contributed by atoms with Crippen molar-refractivity contribution in [1.82, 2.24) is 9.88 Å². The quantitative estimate of drug-likeness (QED) is 0.779. The first-order chi connectivity index (χ1) is 11.0. The Hall–Kier alpha value is -2.11. The number of rotatable bonds is 5. The van der Waals surface area contributed by atoms with Crippen LogP contribution in [0.1, 0.15) is 43.0 Å². The normalized spacial score (nSPS) is 20.7. The van der Waals surface area contributed by atoms with Crippen LogP contribution < -0.4 is 4.74 Å². The van der Waals surface area contributed by atoms with Gasteiger partial charge in [0.05, 0.1) is 7.11 Å². The van der Waals surface area contributed by atoms with E-state index in [1.54, 1.807) is 24.1 Å². The van der Waals surface area contributed by atoms with Gasteiger partial charge in [0.25, 0.3) is 5.91 Å². The molecule has 1 fully saturated rings. The third-order valence-corrected chi connectivity index (χ3v) is 4.47. The molecule has 2 rings (SSSR count). The van der Waals surface area contributed by atoms with Crippen molar-refractivity contribution in [3.05, 3.63) is 23.9 Å². The Morgan fingerprint density at radius 3 is 2.78 bits per heavy atom. The number of hydrogen-bond donors (Lipinski definition) is 0. The smallest absolute Gasteiger partial charge is 0.344 e. The number of esters is 1. The molecule has 1 aliphatic carbocycles. The highest BCUT2D eigenvalue weighted by Gasteiger charge is 2.28. The number of pyridine rings is 1. The van der Waals surface area contributed by atoms with Crippen molar-refractivity contribution in [1.29, 1.82) is 0 Å². The number of carbonyl (C=O) groups excluding carboxylic acids is 2. The van der Waals surface area contributed by atoms with Gasteiger partial charge >= 0.3 is 5.97 Å². The topological polar surface area (TPSA) is 68.7 Å². The van der Waals surface area contributed by atoms with Gasteiger partial charge in [0.2, 0.25) is 5.88 Å². The molecule has 0 aromatic carbocycles. The van der Waals surface area contributed by atoms with Crippen molar-refractivity contribution in [3.8, 4) is 5.88 Å². The zero-order valence-electron chi connectivity index (χ0n) is 13.9. The molecule has 126 valence electrons. The van der Waals surface area contributed by atoms with E-state index in [2.05, 4.69) is 11.9 Å². The summed E-state index contributed by atoms with van der Waals surface area (Å²) in [4.78, 5) is 30.0. The van der Waals surface area contributed by atoms with E-state index in [1.165, 1.54) is 19.7 Å². The maximum Gasteiger partial charge on any atom is 0.344 e. The molecule has 1 saturated carbocycles. The molecule has 6 heteroatoms. The van der Waals surface area contributed by atoms with E-state index in [1.807, 2.05) is 0 Å². The van der Waals surface area contributed by atoms with E-state index in [0.29, 0.717) is 5.92 Å². The van der Waals surface area contributed by atoms with E-state index in [9.17, 15) is 9.59 Å². The lowest BCUT2D eigenvalue weighted by molar-refractivity contribution is -0.136. The van der Waals surface area contributed by atoms with Crippen LogP contribution in [0.15, 0.2) is 18.3 Å². The van der Waals surface area contributed by atoms with Crippen LogP contribution in [0.3, 0.4) is 0 Å². The first kappa shape index (κ1) is 17.2. The second-order valence-corrected chi connectivity index (χ2v) is 5.97. The lowest BCUT2D eigenvalue weighted by atomic mass is 9.85. The molecule has 0 unspecified atom stereocenters. The Morgan fingerprint density at radius 2 is 2.09 bits per heavy atom. The number of nitrogens with zero attached hydrogens (tertiary/aromatic N) is 2. The summed E-state index contributed by atoms with van der Waals surface area (Å²) in [5.41, 5.74) is 0.219. The highest BCUT2D eigenvalue weighted by molar-refractivity contribution is 5.93. The summed E-state index contributed by atoms with van der Waals surface area (Å²) < 4.78 is 10.2. The molecular formula is C17H24N2O4. The van der Waals surface area contributed by atoms with Crippen LogP contribution in [0.5, 0.6) is 5.88 Å². The number of hydrogen-bond acceptors (Lipinski definition) is 5. The van der Waals surface area contributed by atoms with Crippen molar-refractivity contribution in [2.75, 3.05) is 20.8 Å². The van der Waals surface area contributed by atoms with Gasteiger partial charge < -0.3 is 14.4 Å². The van der Waals surface area contributed by atoms with Crippen molar-refractivity contribution in [2.45, 2.75) is 38.6 Å². The molecular weight excluding hydrogens is 296 g/mol. The van der Waals surface area contributed by atoms with Gasteiger partial charge in [-0.2, -0.15) is 0 Å². The van der Waals surface area contributed by atoms with Crippen LogP contribution in [0.2, 0.25) is 0 Å². The van der Waals surface area contributed by atoms with E-state index >= 15 is 0 Å². The first-order valence-corrected chi connectivity index (χ1v) is 7.96. The average molecular weight is 320 g/mol. The molecule has 0 radical (unpaired) electrons. The van der Waals surface area contributed by atoms with Gasteiger partial charge in [-0.05, 0) is 30.9 Å². The van der Waals surface area contributed by atoms with E-state index in [-0.39, 0.29) is 30.0 Å². The standard InChI is InChI=1S/C17H24N2O4/c1-12-7-4-5-9-14(12)19(2)15(20)11-23-17(21)13-8-6-10-18-16(13)22-3/h6,8,10,12,14H,4-5,7,9,11H2,1-3H3/t12-,14+/m0/s1. The van der Waals surface area contributed by atoms with Crippen LogP contribution in [0.4, 0.5) is 0 Å². The number of amides is 1. The molecule has 1 aromatic rings. The average Bonchev–Trinajstić information content (AvgIpc) is 2.59. The molecule has 0 bridgehead atoms. The molecule has 0 aliphatic heterocycles. The SMILES string of the molecule is COc1ncccc1C(=O)OCC(=O)N(C)[C@@H]1CCCC[C@@H]1C. The summed E-state index contributed by atoms with van der Waals surface area (Å²) in [6.07, 6.45) is 6.02. The minimum atomic E-state index is -0.603. The van der Waals surface area contributed by atoms with Crippen molar-refractivity contribution < 1.29 is 19.1 Å². The zero-order valence-corrected chi connectivity index (χ0v) is 13.9. The molecule has 23 heavy (non-hydrogen) atoms. The third kappa shape index (κ3) is 4.21. The first-order valence-electron chi connectivity index (χ1n) is 7.96. The minimum absolute atomic E-state index is 0.181. The second-order valence-electron chi connectivity index (χ2n) is 5.97. The number of likely N-dealkylation sites (N-methyl/N-ethyl adjacent to an activating group) is 1. The Bertz CT molecular complexity index is 561. The monoisotopic (exact) mass is 320 g/mol. The lowest BCUT2D eigenvalue weighted by Crippen LogP contribution is -2.44. The minimum Gasteiger partial charge on any atom is -0.480 e. The predicted molar refractivity (Wildman–Crippen MR) is 85.3 cm³/mol. The molecule has 1 aromatic heterocycles. The highest BCUT2D eigenvalue weighted by Crippen LogP contribution is 2.27. The summed E-state index contributed by atoms with van der Waals surface area (Å²) in [7, 11) is 3.22. The Morgan fingerprint density at radius 1 is 1.35 bits per heavy atom. The largest absolute Gasteiger partial charge is 0.480 e. The predicted octanol–water partition coefficient (Wildman–Crippen LogP) is 2.28. The van der Waals surface area contributed by atoms with Gasteiger partial charge in [0.1, 0.15) is 5.56 Å².